The van der Waals surface area contributed by atoms with Gasteiger partial charge >= 0.3 is 5.97 Å². The zero-order valence-electron chi connectivity index (χ0n) is 19.2. The van der Waals surface area contributed by atoms with Crippen molar-refractivity contribution >= 4 is 46.7 Å². The highest BCUT2D eigenvalue weighted by Crippen LogP contribution is 2.37. The number of fused-ring (bicyclic) bond motifs is 2. The average molecular weight is 529 g/mol. The van der Waals surface area contributed by atoms with Crippen LogP contribution in [0.2, 0.25) is 5.02 Å². The van der Waals surface area contributed by atoms with Crippen LogP contribution in [0.1, 0.15) is 31.0 Å². The fraction of sp³-hybridized carbons (Fsp3) is 0.240. The van der Waals surface area contributed by atoms with Crippen LogP contribution in [0.4, 0.5) is 0 Å². The van der Waals surface area contributed by atoms with Crippen molar-refractivity contribution in [1.29, 1.82) is 0 Å². The van der Waals surface area contributed by atoms with Gasteiger partial charge in [0.25, 0.3) is 5.56 Å². The minimum absolute atomic E-state index is 0.128. The van der Waals surface area contributed by atoms with Crippen LogP contribution in [0, 0.1) is 0 Å². The number of thioether (sulfide) groups is 1. The SMILES string of the molecule is CCOC(=O)C1=C(C)N=c2sc(=Cc3cc4c(cc3Cl)OCO4)c(=O)n2C1c1ccc(SC)cc1. The fourth-order valence-electron chi connectivity index (χ4n) is 4.08. The van der Waals surface area contributed by atoms with E-state index in [4.69, 9.17) is 25.8 Å². The van der Waals surface area contributed by atoms with Gasteiger partial charge in [0.15, 0.2) is 16.3 Å². The summed E-state index contributed by atoms with van der Waals surface area (Å²) in [6, 6.07) is 10.6. The molecule has 0 N–H and O–H groups in total. The summed E-state index contributed by atoms with van der Waals surface area (Å²) < 4.78 is 18.2. The van der Waals surface area contributed by atoms with Crippen LogP contribution < -0.4 is 24.4 Å². The van der Waals surface area contributed by atoms with Gasteiger partial charge in [-0.25, -0.2) is 9.79 Å². The molecule has 2 aliphatic heterocycles. The summed E-state index contributed by atoms with van der Waals surface area (Å²) in [7, 11) is 0. The molecule has 0 bridgehead atoms. The molecule has 10 heteroatoms. The van der Waals surface area contributed by atoms with Crippen LogP contribution in [0.25, 0.3) is 6.08 Å². The largest absolute Gasteiger partial charge is 0.463 e. The zero-order valence-corrected chi connectivity index (χ0v) is 21.6. The lowest BCUT2D eigenvalue weighted by Gasteiger charge is -2.24. The highest BCUT2D eigenvalue weighted by atomic mass is 35.5. The van der Waals surface area contributed by atoms with Crippen molar-refractivity contribution in [3.8, 4) is 11.5 Å². The lowest BCUT2D eigenvalue weighted by Crippen LogP contribution is -2.39. The molecule has 2 aliphatic rings. The molecular formula is C25H21ClN2O5S2. The number of halogens is 1. The normalized spacial score (nSPS) is 16.8. The molecule has 0 saturated heterocycles. The number of carbonyl (C=O) groups excluding carboxylic acids is 1. The molecular weight excluding hydrogens is 508 g/mol. The van der Waals surface area contributed by atoms with E-state index >= 15 is 0 Å². The van der Waals surface area contributed by atoms with E-state index in [1.807, 2.05) is 30.5 Å². The van der Waals surface area contributed by atoms with Crippen LogP contribution in [-0.4, -0.2) is 30.2 Å². The van der Waals surface area contributed by atoms with Crippen molar-refractivity contribution in [2.45, 2.75) is 24.8 Å². The number of thiazole rings is 1. The van der Waals surface area contributed by atoms with Crippen molar-refractivity contribution in [2.24, 2.45) is 4.99 Å². The van der Waals surface area contributed by atoms with E-state index in [9.17, 15) is 9.59 Å². The van der Waals surface area contributed by atoms with Gasteiger partial charge in [0, 0.05) is 11.0 Å². The Labute approximate surface area is 214 Å². The number of hydrogen-bond acceptors (Lipinski definition) is 8. The number of esters is 1. The average Bonchev–Trinajstić information content (AvgIpc) is 3.42. The summed E-state index contributed by atoms with van der Waals surface area (Å²) in [5, 5.41) is 0.438. The quantitative estimate of drug-likeness (QED) is 0.369. The van der Waals surface area contributed by atoms with Crippen molar-refractivity contribution < 1.29 is 19.0 Å². The van der Waals surface area contributed by atoms with Gasteiger partial charge in [-0.15, -0.1) is 11.8 Å². The van der Waals surface area contributed by atoms with Gasteiger partial charge in [-0.3, -0.25) is 9.36 Å². The summed E-state index contributed by atoms with van der Waals surface area (Å²) in [5.74, 6) is 0.651. The molecule has 3 aromatic rings. The van der Waals surface area contributed by atoms with E-state index in [1.165, 1.54) is 11.3 Å². The third-order valence-electron chi connectivity index (χ3n) is 5.73. The molecule has 5 rings (SSSR count). The van der Waals surface area contributed by atoms with Gasteiger partial charge in [0.1, 0.15) is 0 Å². The van der Waals surface area contributed by atoms with E-state index in [1.54, 1.807) is 48.4 Å². The molecule has 0 radical (unpaired) electrons. The molecule has 180 valence electrons. The monoisotopic (exact) mass is 528 g/mol. The lowest BCUT2D eigenvalue weighted by atomic mass is 9.96. The minimum Gasteiger partial charge on any atom is -0.463 e. The molecule has 0 fully saturated rings. The number of hydrogen-bond donors (Lipinski definition) is 0. The number of aromatic nitrogens is 1. The number of ether oxygens (including phenoxy) is 3. The van der Waals surface area contributed by atoms with E-state index in [-0.39, 0.29) is 19.0 Å². The first kappa shape index (κ1) is 23.7. The molecule has 0 amide bonds. The number of carbonyl (C=O) groups is 1. The van der Waals surface area contributed by atoms with Gasteiger partial charge in [-0.05, 0) is 55.5 Å². The van der Waals surface area contributed by atoms with Crippen molar-refractivity contribution in [1.82, 2.24) is 4.57 Å². The van der Waals surface area contributed by atoms with Gasteiger partial charge in [0.2, 0.25) is 6.79 Å². The summed E-state index contributed by atoms with van der Waals surface area (Å²) in [4.78, 5) is 32.9. The molecule has 0 spiro atoms. The molecule has 7 nitrogen and oxygen atoms in total. The Hall–Kier alpha value is -3.01. The highest BCUT2D eigenvalue weighted by Gasteiger charge is 2.33. The van der Waals surface area contributed by atoms with E-state index in [0.29, 0.717) is 42.7 Å². The van der Waals surface area contributed by atoms with Gasteiger partial charge in [-0.1, -0.05) is 35.1 Å². The molecule has 1 aromatic heterocycles. The van der Waals surface area contributed by atoms with Crippen LogP contribution in [-0.2, 0) is 9.53 Å². The fourth-order valence-corrected chi connectivity index (χ4v) is 5.73. The summed E-state index contributed by atoms with van der Waals surface area (Å²) >= 11 is 9.31. The van der Waals surface area contributed by atoms with E-state index in [0.717, 1.165) is 10.5 Å². The van der Waals surface area contributed by atoms with Crippen molar-refractivity contribution in [2.75, 3.05) is 19.7 Å². The van der Waals surface area contributed by atoms with Crippen LogP contribution in [0.5, 0.6) is 11.5 Å². The molecule has 2 aromatic carbocycles. The molecule has 0 aliphatic carbocycles. The maximum Gasteiger partial charge on any atom is 0.338 e. The predicted molar refractivity (Wildman–Crippen MR) is 136 cm³/mol. The van der Waals surface area contributed by atoms with Gasteiger partial charge < -0.3 is 14.2 Å². The molecule has 1 atom stereocenters. The zero-order chi connectivity index (χ0) is 24.7. The molecule has 1 unspecified atom stereocenters. The Bertz CT molecular complexity index is 1540. The summed E-state index contributed by atoms with van der Waals surface area (Å²) in [6.45, 7) is 3.87. The predicted octanol–water partition coefficient (Wildman–Crippen LogP) is 3.90. The standard InChI is InChI=1S/C25H21ClN2O5S2/c1-4-31-24(30)21-13(2)27-25-28(22(21)14-5-7-16(34-3)8-6-14)23(29)20(35-25)10-15-9-18-19(11-17(15)26)33-12-32-18/h5-11,22H,4,12H2,1-3H3. The Morgan fingerprint density at radius 1 is 1.29 bits per heavy atom. The summed E-state index contributed by atoms with van der Waals surface area (Å²) in [5.41, 5.74) is 2.04. The Morgan fingerprint density at radius 2 is 2.00 bits per heavy atom. The number of rotatable bonds is 5. The first-order chi connectivity index (χ1) is 16.9. The topological polar surface area (TPSA) is 79.1 Å². The van der Waals surface area contributed by atoms with Crippen LogP contribution in [0.3, 0.4) is 0 Å². The maximum absolute atomic E-state index is 13.7. The second-order valence-corrected chi connectivity index (χ2v) is 10.1. The molecule has 0 saturated carbocycles. The first-order valence-corrected chi connectivity index (χ1v) is 13.3. The van der Waals surface area contributed by atoms with Crippen molar-refractivity contribution in [3.63, 3.8) is 0 Å². The highest BCUT2D eigenvalue weighted by molar-refractivity contribution is 7.98. The van der Waals surface area contributed by atoms with E-state index < -0.39 is 12.0 Å². The Balaban J connectivity index is 1.70. The number of allylic oxidation sites excluding steroid dienone is 1. The van der Waals surface area contributed by atoms with Gasteiger partial charge in [0.05, 0.1) is 33.5 Å². The van der Waals surface area contributed by atoms with Crippen molar-refractivity contribution in [3.05, 3.63) is 83.5 Å². The Morgan fingerprint density at radius 3 is 2.69 bits per heavy atom. The maximum atomic E-state index is 13.7. The van der Waals surface area contributed by atoms with Crippen LogP contribution in [0.15, 0.2) is 62.4 Å². The van der Waals surface area contributed by atoms with Crippen LogP contribution >= 0.6 is 34.7 Å². The van der Waals surface area contributed by atoms with Gasteiger partial charge in [-0.2, -0.15) is 0 Å². The minimum atomic E-state index is -0.657. The first-order valence-electron chi connectivity index (χ1n) is 10.8. The lowest BCUT2D eigenvalue weighted by molar-refractivity contribution is -0.139. The molecule has 35 heavy (non-hydrogen) atoms. The smallest absolute Gasteiger partial charge is 0.338 e. The summed E-state index contributed by atoms with van der Waals surface area (Å²) in [6.07, 6.45) is 3.71. The third-order valence-corrected chi connectivity index (χ3v) is 7.78. The second kappa shape index (κ2) is 9.56. The number of benzene rings is 2. The second-order valence-electron chi connectivity index (χ2n) is 7.80. The Kier molecular flexibility index (Phi) is 6.48. The molecule has 3 heterocycles. The van der Waals surface area contributed by atoms with E-state index in [2.05, 4.69) is 4.99 Å². The third kappa shape index (κ3) is 4.28. The number of nitrogens with zero attached hydrogens (tertiary/aromatic N) is 2.